The van der Waals surface area contributed by atoms with Crippen molar-refractivity contribution < 1.29 is 28.6 Å². The maximum absolute atomic E-state index is 15.0. The minimum absolute atomic E-state index is 0.0368. The van der Waals surface area contributed by atoms with Gasteiger partial charge >= 0.3 is 6.09 Å². The number of hydrogen-bond donors (Lipinski definition) is 1. The number of ether oxygens (including phenoxy) is 1. The van der Waals surface area contributed by atoms with Crippen LogP contribution >= 0.6 is 0 Å². The number of amides is 2. The van der Waals surface area contributed by atoms with Gasteiger partial charge in [-0.1, -0.05) is 6.92 Å². The monoisotopic (exact) mass is 510 g/mol. The summed E-state index contributed by atoms with van der Waals surface area (Å²) in [5, 5.41) is 9.20. The van der Waals surface area contributed by atoms with Crippen molar-refractivity contribution in [3.63, 3.8) is 0 Å². The molecule has 2 aliphatic heterocycles. The van der Waals surface area contributed by atoms with Gasteiger partial charge in [-0.25, -0.2) is 19.2 Å². The molecule has 2 aliphatic rings. The van der Waals surface area contributed by atoms with Gasteiger partial charge in [-0.05, 0) is 24.3 Å². The van der Waals surface area contributed by atoms with E-state index in [1.807, 2.05) is 4.90 Å². The molecule has 5 rings (SSSR count). The third kappa shape index (κ3) is 4.96. The summed E-state index contributed by atoms with van der Waals surface area (Å²) >= 11 is 0. The highest BCUT2D eigenvalue weighted by atomic mass is 19.1. The van der Waals surface area contributed by atoms with E-state index in [0.717, 1.165) is 0 Å². The minimum Gasteiger partial charge on any atom is -0.441 e. The van der Waals surface area contributed by atoms with Crippen LogP contribution in [0.2, 0.25) is 0 Å². The number of hydrogen-bond acceptors (Lipinski definition) is 8. The van der Waals surface area contributed by atoms with Crippen LogP contribution in [0.25, 0.3) is 5.78 Å². The van der Waals surface area contributed by atoms with E-state index in [1.54, 1.807) is 53.0 Å². The van der Waals surface area contributed by atoms with Crippen molar-refractivity contribution in [3.05, 3.63) is 54.4 Å². The largest absolute Gasteiger partial charge is 0.441 e. The molecule has 11 nitrogen and oxygen atoms in total. The lowest BCUT2D eigenvalue weighted by molar-refractivity contribution is -0.135. The highest BCUT2D eigenvalue weighted by Crippen LogP contribution is 2.29. The van der Waals surface area contributed by atoms with E-state index in [1.165, 1.54) is 11.0 Å². The van der Waals surface area contributed by atoms with Crippen molar-refractivity contribution in [1.29, 1.82) is 0 Å². The smallest absolute Gasteiger partial charge is 0.414 e. The van der Waals surface area contributed by atoms with Gasteiger partial charge in [0, 0.05) is 57.1 Å². The average Bonchev–Trinajstić information content (AvgIpc) is 3.51. The first-order chi connectivity index (χ1) is 17.8. The third-order valence-electron chi connectivity index (χ3n) is 6.69. The molecule has 37 heavy (non-hydrogen) atoms. The fourth-order valence-electron chi connectivity index (χ4n) is 4.66. The molecule has 0 spiro atoms. The van der Waals surface area contributed by atoms with Crippen LogP contribution in [0.15, 0.2) is 42.9 Å². The number of cyclic esters (lactones) is 1. The summed E-state index contributed by atoms with van der Waals surface area (Å²) in [5.74, 6) is -0.929. The van der Waals surface area contributed by atoms with E-state index in [2.05, 4.69) is 9.97 Å². The van der Waals surface area contributed by atoms with Crippen molar-refractivity contribution >= 4 is 34.9 Å². The van der Waals surface area contributed by atoms with Gasteiger partial charge in [0.25, 0.3) is 0 Å². The Hall–Kier alpha value is -4.06. The number of aliphatic hydroxyl groups excluding tert-OH is 1. The number of piperazine rings is 1. The van der Waals surface area contributed by atoms with Gasteiger partial charge in [0.05, 0.1) is 24.5 Å². The summed E-state index contributed by atoms with van der Waals surface area (Å²) in [7, 11) is 0. The van der Waals surface area contributed by atoms with Crippen LogP contribution < -0.4 is 9.80 Å². The molecule has 1 N–H and O–H groups in total. The molecule has 2 atom stereocenters. The Morgan fingerprint density at radius 3 is 2.70 bits per heavy atom. The SMILES string of the molecule is C[C@H](CC(=O)c1cn2cccnc2n1)C(=O)N1CCN(c2ccc(N3C[C@H](CO)OC3=O)cc2F)CC1. The number of benzene rings is 1. The number of nitrogens with zero attached hydrogens (tertiary/aromatic N) is 6. The molecule has 0 aliphatic carbocycles. The molecular weight excluding hydrogens is 483 g/mol. The van der Waals surface area contributed by atoms with Gasteiger partial charge in [-0.3, -0.25) is 18.9 Å². The highest BCUT2D eigenvalue weighted by molar-refractivity contribution is 5.97. The van der Waals surface area contributed by atoms with Crippen LogP contribution in [-0.4, -0.2) is 87.6 Å². The Morgan fingerprint density at radius 1 is 1.24 bits per heavy atom. The molecule has 2 saturated heterocycles. The van der Waals surface area contributed by atoms with Gasteiger partial charge in [0.2, 0.25) is 11.7 Å². The number of carbonyl (C=O) groups excluding carboxylic acids is 3. The zero-order valence-electron chi connectivity index (χ0n) is 20.3. The van der Waals surface area contributed by atoms with Crippen molar-refractivity contribution in [1.82, 2.24) is 19.3 Å². The minimum atomic E-state index is -0.630. The molecule has 0 saturated carbocycles. The number of carbonyl (C=O) groups is 3. The fourth-order valence-corrected chi connectivity index (χ4v) is 4.66. The number of ketones is 1. The lowest BCUT2D eigenvalue weighted by Crippen LogP contribution is -2.50. The average molecular weight is 511 g/mol. The molecule has 0 bridgehead atoms. The van der Waals surface area contributed by atoms with Crippen LogP contribution in [0, 0.1) is 11.7 Å². The van der Waals surface area contributed by atoms with E-state index in [0.29, 0.717) is 43.3 Å². The summed E-state index contributed by atoms with van der Waals surface area (Å²) in [6, 6.07) is 6.26. The Labute approximate surface area is 212 Å². The molecule has 0 unspecified atom stereocenters. The van der Waals surface area contributed by atoms with Crippen molar-refractivity contribution in [2.75, 3.05) is 49.1 Å². The first kappa shape index (κ1) is 24.6. The first-order valence-electron chi connectivity index (χ1n) is 12.1. The summed E-state index contributed by atoms with van der Waals surface area (Å²) in [6.07, 6.45) is 3.74. The zero-order chi connectivity index (χ0) is 26.1. The Morgan fingerprint density at radius 2 is 2.03 bits per heavy atom. The molecule has 2 aromatic heterocycles. The van der Waals surface area contributed by atoms with E-state index in [9.17, 15) is 23.9 Å². The Balaban J connectivity index is 1.16. The molecular formula is C25H27FN6O5. The van der Waals surface area contributed by atoms with Gasteiger partial charge in [0.15, 0.2) is 5.78 Å². The first-order valence-corrected chi connectivity index (χ1v) is 12.1. The second-order valence-electron chi connectivity index (χ2n) is 9.23. The normalized spacial score (nSPS) is 18.8. The van der Waals surface area contributed by atoms with Crippen LogP contribution in [0.3, 0.4) is 0 Å². The molecule has 4 heterocycles. The quantitative estimate of drug-likeness (QED) is 0.478. The van der Waals surface area contributed by atoms with E-state index >= 15 is 0 Å². The number of halogens is 1. The number of imidazole rings is 1. The molecule has 194 valence electrons. The zero-order valence-corrected chi connectivity index (χ0v) is 20.3. The van der Waals surface area contributed by atoms with Crippen LogP contribution in [0.4, 0.5) is 20.6 Å². The summed E-state index contributed by atoms with van der Waals surface area (Å²) in [6.45, 7) is 3.24. The van der Waals surface area contributed by atoms with Crippen molar-refractivity contribution in [2.45, 2.75) is 19.4 Å². The van der Waals surface area contributed by atoms with E-state index in [4.69, 9.17) is 4.74 Å². The van der Waals surface area contributed by atoms with E-state index < -0.39 is 23.9 Å². The molecule has 3 aromatic rings. The molecule has 2 amide bonds. The fraction of sp³-hybridized carbons (Fsp3) is 0.400. The number of rotatable bonds is 7. The van der Waals surface area contributed by atoms with Crippen LogP contribution in [0.5, 0.6) is 0 Å². The van der Waals surface area contributed by atoms with E-state index in [-0.39, 0.29) is 37.0 Å². The van der Waals surface area contributed by atoms with Gasteiger partial charge in [-0.2, -0.15) is 0 Å². The van der Waals surface area contributed by atoms with Crippen LogP contribution in [-0.2, 0) is 9.53 Å². The summed E-state index contributed by atoms with van der Waals surface area (Å²) in [4.78, 5) is 50.8. The number of aromatic nitrogens is 3. The Kier molecular flexibility index (Phi) is 6.74. The molecule has 1 aromatic carbocycles. The van der Waals surface area contributed by atoms with Gasteiger partial charge in [-0.15, -0.1) is 0 Å². The predicted molar refractivity (Wildman–Crippen MR) is 131 cm³/mol. The Bertz CT molecular complexity index is 1310. The standard InChI is InChI=1S/C25H27FN6O5/c1-16(11-22(34)20-14-31-6-2-5-27-24(31)28-20)23(35)30-9-7-29(8-10-30)21-4-3-17(12-19(21)26)32-13-18(15-33)37-25(32)36/h2-6,12,14,16,18,33H,7-11,13,15H2,1H3/t16-,18-/m1/s1. The van der Waals surface area contributed by atoms with Gasteiger partial charge in [0.1, 0.15) is 17.6 Å². The second-order valence-corrected chi connectivity index (χ2v) is 9.23. The third-order valence-corrected chi connectivity index (χ3v) is 6.69. The molecule has 2 fully saturated rings. The lowest BCUT2D eigenvalue weighted by atomic mass is 10.0. The number of aliphatic hydroxyl groups is 1. The second kappa shape index (κ2) is 10.1. The van der Waals surface area contributed by atoms with Gasteiger partial charge < -0.3 is 19.6 Å². The predicted octanol–water partition coefficient (Wildman–Crippen LogP) is 1.74. The van der Waals surface area contributed by atoms with Crippen molar-refractivity contribution in [2.24, 2.45) is 5.92 Å². The number of Topliss-reactive ketones (excluding diaryl/α,β-unsaturated/α-hetero) is 1. The van der Waals surface area contributed by atoms with Crippen LogP contribution in [0.1, 0.15) is 23.8 Å². The number of anilines is 2. The maximum atomic E-state index is 15.0. The molecule has 12 heteroatoms. The maximum Gasteiger partial charge on any atom is 0.414 e. The summed E-state index contributed by atoms with van der Waals surface area (Å²) in [5.41, 5.74) is 1.01. The lowest BCUT2D eigenvalue weighted by Gasteiger charge is -2.37. The number of fused-ring (bicyclic) bond motifs is 1. The topological polar surface area (TPSA) is 121 Å². The summed E-state index contributed by atoms with van der Waals surface area (Å²) < 4.78 is 21.6. The van der Waals surface area contributed by atoms with Crippen molar-refractivity contribution in [3.8, 4) is 0 Å². The highest BCUT2D eigenvalue weighted by Gasteiger charge is 2.33. The molecule has 0 radical (unpaired) electrons.